The van der Waals surface area contributed by atoms with Crippen LogP contribution >= 0.6 is 11.6 Å². The fourth-order valence-electron chi connectivity index (χ4n) is 1.12. The molecule has 0 spiro atoms. The van der Waals surface area contributed by atoms with Crippen molar-refractivity contribution in [2.45, 2.75) is 12.3 Å². The predicted molar refractivity (Wildman–Crippen MR) is 52.4 cm³/mol. The zero-order chi connectivity index (χ0) is 12.5. The molecule has 1 aromatic heterocycles. The summed E-state index contributed by atoms with van der Waals surface area (Å²) in [5.74, 6) is -0.0650. The summed E-state index contributed by atoms with van der Waals surface area (Å²) in [6.07, 6.45) is -6.47. The van der Waals surface area contributed by atoms with Crippen molar-refractivity contribution < 1.29 is 18.3 Å². The first kappa shape index (κ1) is 13.0. The second-order valence-electron chi connectivity index (χ2n) is 3.24. The minimum Gasteiger partial charge on any atom is -0.379 e. The van der Waals surface area contributed by atoms with Crippen LogP contribution in [0.15, 0.2) is 6.33 Å². The topological polar surface area (TPSA) is 49.2 Å². The molecule has 16 heavy (non-hydrogen) atoms. The summed E-state index contributed by atoms with van der Waals surface area (Å²) in [6.45, 7) is 0. The maximum atomic E-state index is 12.4. The number of nitrogens with zero attached hydrogens (tertiary/aromatic N) is 3. The van der Waals surface area contributed by atoms with Gasteiger partial charge in [0.25, 0.3) is 0 Å². The molecule has 0 bridgehead atoms. The van der Waals surface area contributed by atoms with E-state index in [-0.39, 0.29) is 5.82 Å². The predicted octanol–water partition coefficient (Wildman–Crippen LogP) is 1.79. The van der Waals surface area contributed by atoms with Gasteiger partial charge in [-0.05, 0) is 0 Å². The number of rotatable bonds is 2. The van der Waals surface area contributed by atoms with Crippen molar-refractivity contribution in [3.05, 3.63) is 17.0 Å². The molecule has 1 aromatic rings. The van der Waals surface area contributed by atoms with E-state index in [1.54, 1.807) is 0 Å². The minimum absolute atomic E-state index is 0.0650. The summed E-state index contributed by atoms with van der Waals surface area (Å²) in [4.78, 5) is 8.39. The quantitative estimate of drug-likeness (QED) is 0.819. The molecule has 0 saturated carbocycles. The van der Waals surface area contributed by atoms with Gasteiger partial charge in [-0.1, -0.05) is 11.6 Å². The molecule has 0 aliphatic heterocycles. The Labute approximate surface area is 94.7 Å². The Balaban J connectivity index is 3.31. The van der Waals surface area contributed by atoms with Gasteiger partial charge in [-0.2, -0.15) is 13.2 Å². The molecule has 0 amide bonds. The van der Waals surface area contributed by atoms with Gasteiger partial charge < -0.3 is 10.0 Å². The second-order valence-corrected chi connectivity index (χ2v) is 3.60. The average Bonchev–Trinajstić information content (AvgIpc) is 2.14. The molecule has 0 aromatic carbocycles. The van der Waals surface area contributed by atoms with Crippen LogP contribution < -0.4 is 4.90 Å². The first-order chi connectivity index (χ1) is 7.25. The lowest BCUT2D eigenvalue weighted by atomic mass is 10.1. The molecule has 1 atom stereocenters. The summed E-state index contributed by atoms with van der Waals surface area (Å²) >= 11 is 5.54. The second kappa shape index (κ2) is 4.42. The van der Waals surface area contributed by atoms with Crippen LogP contribution in [-0.2, 0) is 0 Å². The van der Waals surface area contributed by atoms with Gasteiger partial charge in [0.05, 0.1) is 5.56 Å². The lowest BCUT2D eigenvalue weighted by Gasteiger charge is -2.21. The smallest absolute Gasteiger partial charge is 0.379 e. The van der Waals surface area contributed by atoms with E-state index in [1.165, 1.54) is 19.0 Å². The van der Waals surface area contributed by atoms with Crippen LogP contribution in [0.4, 0.5) is 19.0 Å². The van der Waals surface area contributed by atoms with Gasteiger partial charge in [-0.15, -0.1) is 0 Å². The van der Waals surface area contributed by atoms with Crippen molar-refractivity contribution in [2.75, 3.05) is 19.0 Å². The molecule has 1 N–H and O–H groups in total. The van der Waals surface area contributed by atoms with Gasteiger partial charge in [0.2, 0.25) is 0 Å². The highest BCUT2D eigenvalue weighted by molar-refractivity contribution is 6.30. The molecule has 4 nitrogen and oxygen atoms in total. The van der Waals surface area contributed by atoms with Crippen molar-refractivity contribution in [1.82, 2.24) is 9.97 Å². The Morgan fingerprint density at radius 2 is 1.94 bits per heavy atom. The molecule has 90 valence electrons. The molecule has 1 unspecified atom stereocenters. The van der Waals surface area contributed by atoms with E-state index >= 15 is 0 Å². The van der Waals surface area contributed by atoms with Crippen LogP contribution in [0, 0.1) is 0 Å². The van der Waals surface area contributed by atoms with Gasteiger partial charge in [0, 0.05) is 14.1 Å². The van der Waals surface area contributed by atoms with Gasteiger partial charge in [0.1, 0.15) is 17.3 Å². The van der Waals surface area contributed by atoms with E-state index in [9.17, 15) is 13.2 Å². The Hall–Kier alpha value is -1.08. The molecule has 0 saturated heterocycles. The van der Waals surface area contributed by atoms with Crippen molar-refractivity contribution in [3.8, 4) is 0 Å². The molecular weight excluding hydrogens is 247 g/mol. The third-order valence-corrected chi connectivity index (χ3v) is 2.12. The Kier molecular flexibility index (Phi) is 3.59. The zero-order valence-corrected chi connectivity index (χ0v) is 9.21. The SMILES string of the molecule is CN(C)c1ncnc(Cl)c1C(O)C(F)(F)F. The fraction of sp³-hybridized carbons (Fsp3) is 0.500. The van der Waals surface area contributed by atoms with E-state index < -0.39 is 23.0 Å². The highest BCUT2D eigenvalue weighted by Crippen LogP contribution is 2.38. The van der Waals surface area contributed by atoms with Gasteiger partial charge >= 0.3 is 6.18 Å². The lowest BCUT2D eigenvalue weighted by Crippen LogP contribution is -2.24. The minimum atomic E-state index is -4.81. The number of anilines is 1. The number of alkyl halides is 3. The van der Waals surface area contributed by atoms with Gasteiger partial charge in [0.15, 0.2) is 6.10 Å². The van der Waals surface area contributed by atoms with Crippen LogP contribution in [0.3, 0.4) is 0 Å². The van der Waals surface area contributed by atoms with Crippen molar-refractivity contribution in [3.63, 3.8) is 0 Å². The van der Waals surface area contributed by atoms with E-state index in [0.717, 1.165) is 6.33 Å². The first-order valence-corrected chi connectivity index (χ1v) is 4.55. The highest BCUT2D eigenvalue weighted by Gasteiger charge is 2.42. The molecule has 1 rings (SSSR count). The molecule has 0 aliphatic carbocycles. The number of aliphatic hydroxyl groups excluding tert-OH is 1. The molecule has 0 aliphatic rings. The van der Waals surface area contributed by atoms with Crippen LogP contribution in [0.1, 0.15) is 11.7 Å². The lowest BCUT2D eigenvalue weighted by molar-refractivity contribution is -0.206. The number of halogens is 4. The van der Waals surface area contributed by atoms with Crippen molar-refractivity contribution in [1.29, 1.82) is 0 Å². The standard InChI is InChI=1S/C8H9ClF3N3O/c1-15(2)7-4(5(16)8(10,11)12)6(9)13-3-14-7/h3,5,16H,1-2H3. The molecular formula is C8H9ClF3N3O. The van der Waals surface area contributed by atoms with Gasteiger partial charge in [-0.25, -0.2) is 9.97 Å². The number of hydrogen-bond donors (Lipinski definition) is 1. The molecule has 1 heterocycles. The third kappa shape index (κ3) is 2.53. The molecule has 8 heteroatoms. The number of aromatic nitrogens is 2. The summed E-state index contributed by atoms with van der Waals surface area (Å²) in [6, 6.07) is 0. The Morgan fingerprint density at radius 1 is 1.38 bits per heavy atom. The van der Waals surface area contributed by atoms with Crippen LogP contribution in [0.5, 0.6) is 0 Å². The zero-order valence-electron chi connectivity index (χ0n) is 8.46. The van der Waals surface area contributed by atoms with Crippen LogP contribution in [-0.4, -0.2) is 35.3 Å². The monoisotopic (exact) mass is 255 g/mol. The van der Waals surface area contributed by atoms with Crippen molar-refractivity contribution in [2.24, 2.45) is 0 Å². The first-order valence-electron chi connectivity index (χ1n) is 4.17. The number of aliphatic hydroxyl groups is 1. The van der Waals surface area contributed by atoms with E-state index in [1.807, 2.05) is 0 Å². The molecule has 0 radical (unpaired) electrons. The maximum Gasteiger partial charge on any atom is 0.418 e. The van der Waals surface area contributed by atoms with Crippen LogP contribution in [0.2, 0.25) is 5.15 Å². The summed E-state index contributed by atoms with van der Waals surface area (Å²) in [5.41, 5.74) is -0.540. The van der Waals surface area contributed by atoms with E-state index in [2.05, 4.69) is 9.97 Å². The van der Waals surface area contributed by atoms with Crippen LogP contribution in [0.25, 0.3) is 0 Å². The summed E-state index contributed by atoms with van der Waals surface area (Å²) < 4.78 is 37.1. The number of hydrogen-bond acceptors (Lipinski definition) is 4. The Morgan fingerprint density at radius 3 is 2.38 bits per heavy atom. The van der Waals surface area contributed by atoms with E-state index in [4.69, 9.17) is 16.7 Å². The van der Waals surface area contributed by atoms with Crippen molar-refractivity contribution >= 4 is 17.4 Å². The maximum absolute atomic E-state index is 12.4. The van der Waals surface area contributed by atoms with Gasteiger partial charge in [-0.3, -0.25) is 0 Å². The average molecular weight is 256 g/mol. The summed E-state index contributed by atoms with van der Waals surface area (Å²) in [5, 5.41) is 8.74. The molecule has 0 fully saturated rings. The highest BCUT2D eigenvalue weighted by atomic mass is 35.5. The third-order valence-electron chi connectivity index (χ3n) is 1.82. The largest absolute Gasteiger partial charge is 0.418 e. The Bertz CT molecular complexity index is 383. The fourth-order valence-corrected chi connectivity index (χ4v) is 1.35. The summed E-state index contributed by atoms with van der Waals surface area (Å²) in [7, 11) is 2.98. The van der Waals surface area contributed by atoms with E-state index in [0.29, 0.717) is 0 Å². The normalized spacial score (nSPS) is 13.7.